The van der Waals surface area contributed by atoms with E-state index in [2.05, 4.69) is 0 Å². The Labute approximate surface area is 115 Å². The van der Waals surface area contributed by atoms with Gasteiger partial charge in [0.15, 0.2) is 0 Å². The minimum atomic E-state index is -3.87. The Morgan fingerprint density at radius 3 is 2.32 bits per heavy atom. The van der Waals surface area contributed by atoms with Gasteiger partial charge >= 0.3 is 0 Å². The molecule has 0 aliphatic carbocycles. The Kier molecular flexibility index (Phi) is 7.25. The molecule has 0 aromatic rings. The van der Waals surface area contributed by atoms with Gasteiger partial charge in [0.1, 0.15) is 0 Å². The van der Waals surface area contributed by atoms with Crippen molar-refractivity contribution in [2.75, 3.05) is 32.9 Å². The highest BCUT2D eigenvalue weighted by Gasteiger charge is 2.14. The molecule has 0 amide bonds. The van der Waals surface area contributed by atoms with Crippen LogP contribution in [0.4, 0.5) is 0 Å². The molecule has 0 saturated carbocycles. The maximum absolute atomic E-state index is 10.5. The van der Waals surface area contributed by atoms with E-state index in [4.69, 9.17) is 4.55 Å². The summed E-state index contributed by atoms with van der Waals surface area (Å²) in [6, 6.07) is 0. The minimum Gasteiger partial charge on any atom is -0.545 e. The van der Waals surface area contributed by atoms with Crippen LogP contribution in [-0.4, -0.2) is 56.4 Å². The van der Waals surface area contributed by atoms with Crippen molar-refractivity contribution in [1.29, 1.82) is 0 Å². The van der Waals surface area contributed by atoms with Crippen molar-refractivity contribution in [3.63, 3.8) is 0 Å². The highest BCUT2D eigenvalue weighted by molar-refractivity contribution is 7.85. The van der Waals surface area contributed by atoms with Crippen molar-refractivity contribution in [1.82, 2.24) is 0 Å². The van der Waals surface area contributed by atoms with Gasteiger partial charge in [0, 0.05) is 6.42 Å². The zero-order valence-electron chi connectivity index (χ0n) is 11.8. The molecule has 0 aliphatic heterocycles. The van der Waals surface area contributed by atoms with Gasteiger partial charge in [-0.25, -0.2) is 0 Å². The largest absolute Gasteiger partial charge is 0.545 e. The summed E-state index contributed by atoms with van der Waals surface area (Å²) in [5, 5.41) is 10.5. The molecular weight excluding hydrogens is 270 g/mol. The molecule has 0 saturated heterocycles. The molecule has 6 nitrogen and oxygen atoms in total. The fourth-order valence-corrected chi connectivity index (χ4v) is 2.22. The van der Waals surface area contributed by atoms with Crippen molar-refractivity contribution in [2.24, 2.45) is 0 Å². The highest BCUT2D eigenvalue weighted by atomic mass is 32.2. The number of quaternary nitrogens is 1. The number of carboxylic acids is 1. The molecule has 0 aromatic heterocycles. The third kappa shape index (κ3) is 10.7. The second-order valence-electron chi connectivity index (χ2n) is 5.34. The van der Waals surface area contributed by atoms with Crippen molar-refractivity contribution < 1.29 is 27.4 Å². The van der Waals surface area contributed by atoms with Crippen molar-refractivity contribution >= 4 is 16.1 Å². The van der Waals surface area contributed by atoms with Crippen LogP contribution < -0.4 is 5.11 Å². The zero-order valence-corrected chi connectivity index (χ0v) is 12.6. The second kappa shape index (κ2) is 7.62. The van der Waals surface area contributed by atoms with Gasteiger partial charge in [-0.1, -0.05) is 6.08 Å². The third-order valence-electron chi connectivity index (χ3n) is 2.92. The van der Waals surface area contributed by atoms with E-state index in [1.165, 1.54) is 6.92 Å². The number of carbonyl (C=O) groups excluding carboxylic acids is 1. The Morgan fingerprint density at radius 2 is 1.84 bits per heavy atom. The molecule has 1 N–H and O–H groups in total. The average molecular weight is 293 g/mol. The normalized spacial score (nSPS) is 13.6. The summed E-state index contributed by atoms with van der Waals surface area (Å²) in [5.74, 6) is -1.37. The Morgan fingerprint density at radius 1 is 1.26 bits per heavy atom. The summed E-state index contributed by atoms with van der Waals surface area (Å²) in [6.07, 6.45) is 3.38. The number of carboxylic acid groups (broad SMARTS) is 1. The van der Waals surface area contributed by atoms with E-state index >= 15 is 0 Å². The number of carbonyl (C=O) groups is 1. The number of aliphatic carboxylic acids is 1. The van der Waals surface area contributed by atoms with Crippen molar-refractivity contribution in [2.45, 2.75) is 26.2 Å². The van der Waals surface area contributed by atoms with Crippen molar-refractivity contribution in [3.05, 3.63) is 11.6 Å². The first-order valence-electron chi connectivity index (χ1n) is 6.19. The molecule has 0 spiro atoms. The van der Waals surface area contributed by atoms with Crippen LogP contribution in [0.3, 0.4) is 0 Å². The molecule has 0 heterocycles. The lowest BCUT2D eigenvalue weighted by Crippen LogP contribution is -2.41. The number of hydrogen-bond acceptors (Lipinski definition) is 4. The summed E-state index contributed by atoms with van der Waals surface area (Å²) >= 11 is 0. The first-order valence-corrected chi connectivity index (χ1v) is 7.80. The van der Waals surface area contributed by atoms with Crippen LogP contribution >= 0.6 is 0 Å². The molecular formula is C12H23NO5S. The smallest absolute Gasteiger partial charge is 0.264 e. The average Bonchev–Trinajstić information content (AvgIpc) is 2.22. The topological polar surface area (TPSA) is 94.5 Å². The minimum absolute atomic E-state index is 0.212. The number of rotatable bonds is 9. The molecule has 0 fully saturated rings. The number of unbranched alkanes of at least 4 members (excludes halogenated alkanes) is 1. The van der Waals surface area contributed by atoms with E-state index in [0.29, 0.717) is 23.7 Å². The van der Waals surface area contributed by atoms with Crippen LogP contribution in [0.15, 0.2) is 11.6 Å². The quantitative estimate of drug-likeness (QED) is 0.275. The Bertz CT molecular complexity index is 425. The van der Waals surface area contributed by atoms with Crippen LogP contribution in [0, 0.1) is 0 Å². The summed E-state index contributed by atoms with van der Waals surface area (Å²) in [5.41, 5.74) is 0.228. The fraction of sp³-hybridized carbons (Fsp3) is 0.750. The lowest BCUT2D eigenvalue weighted by atomic mass is 10.2. The van der Waals surface area contributed by atoms with Crippen molar-refractivity contribution in [3.8, 4) is 0 Å². The van der Waals surface area contributed by atoms with Crippen LogP contribution in [-0.2, 0) is 14.9 Å². The maximum Gasteiger partial charge on any atom is 0.264 e. The van der Waals surface area contributed by atoms with Gasteiger partial charge < -0.3 is 14.4 Å². The molecule has 0 bridgehead atoms. The van der Waals surface area contributed by atoms with E-state index in [9.17, 15) is 18.3 Å². The molecule has 19 heavy (non-hydrogen) atoms. The molecule has 0 radical (unpaired) electrons. The van der Waals surface area contributed by atoms with Gasteiger partial charge in [0.25, 0.3) is 10.1 Å². The van der Waals surface area contributed by atoms with E-state index in [0.717, 1.165) is 13.1 Å². The molecule has 112 valence electrons. The summed E-state index contributed by atoms with van der Waals surface area (Å²) in [7, 11) is 0.123. The summed E-state index contributed by atoms with van der Waals surface area (Å²) in [6.45, 7) is 3.03. The molecule has 0 unspecified atom stereocenters. The van der Waals surface area contributed by atoms with Gasteiger partial charge in [-0.05, 0) is 25.3 Å². The van der Waals surface area contributed by atoms with E-state index in [1.807, 2.05) is 14.1 Å². The zero-order chi connectivity index (χ0) is 15.1. The summed E-state index contributed by atoms with van der Waals surface area (Å²) < 4.78 is 30.4. The lowest BCUT2D eigenvalue weighted by molar-refractivity contribution is -0.890. The molecule has 0 atom stereocenters. The number of nitrogens with zero attached hydrogens (tertiary/aromatic N) is 1. The Balaban J connectivity index is 3.99. The fourth-order valence-electron chi connectivity index (χ4n) is 1.65. The van der Waals surface area contributed by atoms with Crippen LogP contribution in [0.2, 0.25) is 0 Å². The van der Waals surface area contributed by atoms with E-state index < -0.39 is 16.1 Å². The maximum atomic E-state index is 10.5. The molecule has 7 heteroatoms. The van der Waals surface area contributed by atoms with Gasteiger partial charge in [0.2, 0.25) is 0 Å². The van der Waals surface area contributed by atoms with Crippen LogP contribution in [0.5, 0.6) is 0 Å². The molecule has 0 aromatic carbocycles. The molecule has 0 aliphatic rings. The lowest BCUT2D eigenvalue weighted by Gasteiger charge is -2.29. The van der Waals surface area contributed by atoms with E-state index in [1.54, 1.807) is 6.08 Å². The predicted molar refractivity (Wildman–Crippen MR) is 70.9 cm³/mol. The van der Waals surface area contributed by atoms with Gasteiger partial charge in [0.05, 0.1) is 38.9 Å². The van der Waals surface area contributed by atoms with Crippen LogP contribution in [0.25, 0.3) is 0 Å². The van der Waals surface area contributed by atoms with Gasteiger partial charge in [-0.15, -0.1) is 0 Å². The molecule has 0 rings (SSSR count). The highest BCUT2D eigenvalue weighted by Crippen LogP contribution is 2.06. The van der Waals surface area contributed by atoms with Crippen LogP contribution in [0.1, 0.15) is 26.2 Å². The first-order chi connectivity index (χ1) is 8.53. The second-order valence-corrected chi connectivity index (χ2v) is 6.91. The number of hydrogen-bond donors (Lipinski definition) is 1. The van der Waals surface area contributed by atoms with Gasteiger partial charge in [-0.2, -0.15) is 8.42 Å². The van der Waals surface area contributed by atoms with Gasteiger partial charge in [-0.3, -0.25) is 4.55 Å². The predicted octanol–water partition coefficient (Wildman–Crippen LogP) is -0.183. The third-order valence-corrected chi connectivity index (χ3v) is 3.73. The van der Waals surface area contributed by atoms with E-state index in [-0.39, 0.29) is 11.3 Å². The first kappa shape index (κ1) is 18.1. The standard InChI is InChI=1S/C12H23NO5S/c1-11(12(14)15)7-6-9-13(2,3)8-4-5-10-19(16,17)18/h7H,4-6,8-10H2,1-3H3,(H-,14,15,16,17,18). The Hall–Kier alpha value is -0.920. The summed E-state index contributed by atoms with van der Waals surface area (Å²) in [4.78, 5) is 10.5. The monoisotopic (exact) mass is 293 g/mol. The SMILES string of the molecule is CC(=CCC[N+](C)(C)CCCCS(=O)(=O)O)C(=O)[O-].